The molecule has 3 rings (SSSR count). The molecule has 0 radical (unpaired) electrons. The molecule has 1 fully saturated rings. The maximum absolute atomic E-state index is 13.5. The zero-order chi connectivity index (χ0) is 20.1. The Labute approximate surface area is 186 Å². The molecule has 0 amide bonds. The third-order valence-electron chi connectivity index (χ3n) is 4.64. The summed E-state index contributed by atoms with van der Waals surface area (Å²) in [4.78, 5) is 25.2. The van der Waals surface area contributed by atoms with Crippen molar-refractivity contribution >= 4 is 35.8 Å². The summed E-state index contributed by atoms with van der Waals surface area (Å²) in [5.74, 6) is 0.190. The first-order valence-corrected chi connectivity index (χ1v) is 9.27. The highest BCUT2D eigenvalue weighted by atomic mass is 127. The van der Waals surface area contributed by atoms with Gasteiger partial charge in [-0.2, -0.15) is 0 Å². The van der Waals surface area contributed by atoms with Crippen LogP contribution in [-0.4, -0.2) is 58.2 Å². The molecule has 1 aliphatic rings. The third-order valence-corrected chi connectivity index (χ3v) is 4.64. The van der Waals surface area contributed by atoms with E-state index in [4.69, 9.17) is 0 Å². The number of nitrogens with zero attached hydrogens (tertiary/aromatic N) is 5. The van der Waals surface area contributed by atoms with Crippen LogP contribution in [-0.2, 0) is 13.6 Å². The van der Waals surface area contributed by atoms with Crippen molar-refractivity contribution in [3.63, 3.8) is 0 Å². The number of rotatable bonds is 4. The molecule has 8 nitrogen and oxygen atoms in total. The van der Waals surface area contributed by atoms with Gasteiger partial charge in [0.2, 0.25) is 0 Å². The molecule has 0 spiro atoms. The van der Waals surface area contributed by atoms with Gasteiger partial charge in [0, 0.05) is 52.2 Å². The molecule has 0 atom stereocenters. The summed E-state index contributed by atoms with van der Waals surface area (Å²) < 4.78 is 15.0. The molecule has 1 aromatic heterocycles. The summed E-state index contributed by atoms with van der Waals surface area (Å²) in [6.45, 7) is 5.70. The van der Waals surface area contributed by atoms with E-state index < -0.39 is 5.82 Å². The highest BCUT2D eigenvalue weighted by molar-refractivity contribution is 14.0. The fourth-order valence-electron chi connectivity index (χ4n) is 3.07. The number of hydrogen-bond donors (Lipinski definition) is 2. The van der Waals surface area contributed by atoms with Crippen LogP contribution in [0.5, 0.6) is 5.75 Å². The van der Waals surface area contributed by atoms with E-state index in [1.165, 1.54) is 16.7 Å². The van der Waals surface area contributed by atoms with Gasteiger partial charge < -0.3 is 24.8 Å². The normalized spacial score (nSPS) is 14.5. The number of piperazine rings is 1. The summed E-state index contributed by atoms with van der Waals surface area (Å²) >= 11 is 0. The fraction of sp³-hybridized carbons (Fsp3) is 0.421. The predicted molar refractivity (Wildman–Crippen MR) is 122 cm³/mol. The van der Waals surface area contributed by atoms with Crippen molar-refractivity contribution in [2.45, 2.75) is 13.5 Å². The number of phenolic OH excluding ortho intramolecular Hbond substituents is 1. The van der Waals surface area contributed by atoms with Crippen LogP contribution in [0.25, 0.3) is 0 Å². The molecule has 0 aliphatic carbocycles. The van der Waals surface area contributed by atoms with Gasteiger partial charge in [-0.15, -0.1) is 24.0 Å². The Morgan fingerprint density at radius 2 is 2.03 bits per heavy atom. The Morgan fingerprint density at radius 1 is 1.31 bits per heavy atom. The van der Waals surface area contributed by atoms with Crippen molar-refractivity contribution in [1.29, 1.82) is 0 Å². The van der Waals surface area contributed by atoms with Gasteiger partial charge in [-0.3, -0.25) is 4.79 Å². The highest BCUT2D eigenvalue weighted by Crippen LogP contribution is 2.17. The Hall–Kier alpha value is -2.37. The van der Waals surface area contributed by atoms with Gasteiger partial charge in [0.1, 0.15) is 0 Å². The minimum absolute atomic E-state index is 0. The molecule has 0 saturated carbocycles. The van der Waals surface area contributed by atoms with E-state index >= 15 is 0 Å². The van der Waals surface area contributed by atoms with Gasteiger partial charge in [0.05, 0.1) is 6.54 Å². The van der Waals surface area contributed by atoms with Crippen LogP contribution in [0.1, 0.15) is 12.5 Å². The maximum atomic E-state index is 13.5. The number of hydrogen-bond acceptors (Lipinski definition) is 5. The zero-order valence-electron chi connectivity index (χ0n) is 16.5. The molecule has 2 N–H and O–H groups in total. The lowest BCUT2D eigenvalue weighted by Gasteiger charge is -2.36. The SMILES string of the molecule is CCNC(=NCc1ccc(O)c(F)c1)N1CCN(c2nccn(C)c2=O)CC1.I. The second-order valence-electron chi connectivity index (χ2n) is 6.60. The molecule has 10 heteroatoms. The minimum atomic E-state index is -0.650. The third kappa shape index (κ3) is 5.58. The second-order valence-corrected chi connectivity index (χ2v) is 6.60. The fourth-order valence-corrected chi connectivity index (χ4v) is 3.07. The maximum Gasteiger partial charge on any atom is 0.293 e. The average molecular weight is 516 g/mol. The van der Waals surface area contributed by atoms with Crippen LogP contribution in [0, 0.1) is 5.82 Å². The van der Waals surface area contributed by atoms with Crippen LogP contribution in [0.2, 0.25) is 0 Å². The van der Waals surface area contributed by atoms with E-state index in [-0.39, 0.29) is 35.3 Å². The lowest BCUT2D eigenvalue weighted by Crippen LogP contribution is -2.53. The largest absolute Gasteiger partial charge is 0.505 e. The van der Waals surface area contributed by atoms with Crippen LogP contribution >= 0.6 is 24.0 Å². The van der Waals surface area contributed by atoms with Crippen LogP contribution in [0.15, 0.2) is 40.4 Å². The quantitative estimate of drug-likeness (QED) is 0.365. The number of aromatic hydroxyl groups is 1. The summed E-state index contributed by atoms with van der Waals surface area (Å²) in [5, 5.41) is 12.6. The molecular weight excluding hydrogens is 490 g/mol. The number of phenols is 1. The molecule has 0 unspecified atom stereocenters. The molecule has 29 heavy (non-hydrogen) atoms. The van der Waals surface area contributed by atoms with E-state index in [9.17, 15) is 14.3 Å². The van der Waals surface area contributed by atoms with Crippen molar-refractivity contribution < 1.29 is 9.50 Å². The Kier molecular flexibility index (Phi) is 8.23. The van der Waals surface area contributed by atoms with Crippen LogP contribution in [0.3, 0.4) is 0 Å². The first-order chi connectivity index (χ1) is 13.5. The summed E-state index contributed by atoms with van der Waals surface area (Å²) in [6.07, 6.45) is 3.27. The monoisotopic (exact) mass is 516 g/mol. The van der Waals surface area contributed by atoms with Crippen molar-refractivity contribution in [2.75, 3.05) is 37.6 Å². The molecule has 1 aliphatic heterocycles. The molecular formula is C19H26FIN6O2. The first kappa shape index (κ1) is 22.9. The van der Waals surface area contributed by atoms with E-state index in [2.05, 4.69) is 20.2 Å². The summed E-state index contributed by atoms with van der Waals surface area (Å²) in [5.41, 5.74) is 0.576. The van der Waals surface area contributed by atoms with Gasteiger partial charge in [-0.05, 0) is 24.6 Å². The second kappa shape index (κ2) is 10.4. The average Bonchev–Trinajstić information content (AvgIpc) is 2.70. The van der Waals surface area contributed by atoms with Gasteiger partial charge in [0.15, 0.2) is 23.3 Å². The number of guanidine groups is 1. The molecule has 2 heterocycles. The van der Waals surface area contributed by atoms with Crippen molar-refractivity contribution in [2.24, 2.45) is 12.0 Å². The lowest BCUT2D eigenvalue weighted by atomic mass is 10.2. The highest BCUT2D eigenvalue weighted by Gasteiger charge is 2.22. The van der Waals surface area contributed by atoms with Crippen LogP contribution in [0.4, 0.5) is 10.2 Å². The number of aromatic nitrogens is 2. The van der Waals surface area contributed by atoms with Crippen molar-refractivity contribution in [1.82, 2.24) is 19.8 Å². The number of aliphatic imine (C=N–C) groups is 1. The van der Waals surface area contributed by atoms with Crippen molar-refractivity contribution in [3.8, 4) is 5.75 Å². The van der Waals surface area contributed by atoms with Gasteiger partial charge in [-0.25, -0.2) is 14.4 Å². The van der Waals surface area contributed by atoms with Crippen molar-refractivity contribution in [3.05, 3.63) is 52.3 Å². The Balaban J connectivity index is 0.00000300. The van der Waals surface area contributed by atoms with Gasteiger partial charge in [-0.1, -0.05) is 6.07 Å². The zero-order valence-corrected chi connectivity index (χ0v) is 18.8. The summed E-state index contributed by atoms with van der Waals surface area (Å²) in [7, 11) is 1.71. The molecule has 0 bridgehead atoms. The minimum Gasteiger partial charge on any atom is -0.505 e. The molecule has 1 aromatic carbocycles. The number of nitrogens with one attached hydrogen (secondary N) is 1. The topological polar surface area (TPSA) is 86.0 Å². The van der Waals surface area contributed by atoms with E-state index in [1.807, 2.05) is 11.8 Å². The number of benzene rings is 1. The standard InChI is InChI=1S/C19H25FN6O2.HI/c1-3-21-19(23-13-14-4-5-16(27)15(20)12-14)26-10-8-25(9-11-26)17-18(28)24(2)7-6-22-17;/h4-7,12,27H,3,8-11,13H2,1-2H3,(H,21,23);1H. The molecule has 1 saturated heterocycles. The Bertz CT molecular complexity index is 912. The smallest absolute Gasteiger partial charge is 0.293 e. The van der Waals surface area contributed by atoms with E-state index in [0.717, 1.165) is 5.96 Å². The summed E-state index contributed by atoms with van der Waals surface area (Å²) in [6, 6.07) is 4.27. The first-order valence-electron chi connectivity index (χ1n) is 9.27. The number of halogens is 2. The number of aryl methyl sites for hydroxylation is 1. The van der Waals surface area contributed by atoms with Gasteiger partial charge >= 0.3 is 0 Å². The number of anilines is 1. The van der Waals surface area contributed by atoms with Gasteiger partial charge in [0.25, 0.3) is 5.56 Å². The van der Waals surface area contributed by atoms with E-state index in [1.54, 1.807) is 25.5 Å². The van der Waals surface area contributed by atoms with E-state index in [0.29, 0.717) is 50.6 Å². The molecule has 2 aromatic rings. The Morgan fingerprint density at radius 3 is 2.69 bits per heavy atom. The lowest BCUT2D eigenvalue weighted by molar-refractivity contribution is 0.370. The van der Waals surface area contributed by atoms with Crippen LogP contribution < -0.4 is 15.8 Å². The molecule has 158 valence electrons. The predicted octanol–water partition coefficient (Wildman–Crippen LogP) is 1.53.